The Balaban J connectivity index is 1.44. The Bertz CT molecular complexity index is 329. The topological polar surface area (TPSA) is 29.1 Å². The number of carbonyl (C=O) groups is 1. The molecule has 2 nitrogen and oxygen atoms in total. The molecule has 1 amide bonds. The summed E-state index contributed by atoms with van der Waals surface area (Å²) in [7, 11) is 0. The van der Waals surface area contributed by atoms with Gasteiger partial charge in [-0.25, -0.2) is 0 Å². The lowest BCUT2D eigenvalue weighted by Crippen LogP contribution is -2.39. The third-order valence-electron chi connectivity index (χ3n) is 5.52. The van der Waals surface area contributed by atoms with Gasteiger partial charge in [-0.2, -0.15) is 0 Å². The largest absolute Gasteiger partial charge is 0.355 e. The number of rotatable bonds is 4. The van der Waals surface area contributed by atoms with Gasteiger partial charge in [-0.3, -0.25) is 4.79 Å². The van der Waals surface area contributed by atoms with Crippen molar-refractivity contribution in [2.24, 2.45) is 23.7 Å². The fourth-order valence-electron chi connectivity index (χ4n) is 4.08. The highest BCUT2D eigenvalue weighted by atomic mass is 79.9. The van der Waals surface area contributed by atoms with Crippen molar-refractivity contribution in [1.29, 1.82) is 0 Å². The third kappa shape index (κ3) is 3.53. The van der Waals surface area contributed by atoms with Gasteiger partial charge < -0.3 is 5.32 Å². The molecule has 1 N–H and O–H groups in total. The maximum atomic E-state index is 12.3. The van der Waals surface area contributed by atoms with E-state index in [9.17, 15) is 4.79 Å². The molecule has 108 valence electrons. The zero-order valence-corrected chi connectivity index (χ0v) is 13.3. The van der Waals surface area contributed by atoms with E-state index in [2.05, 4.69) is 21.2 Å². The molecule has 0 spiro atoms. The van der Waals surface area contributed by atoms with Crippen LogP contribution >= 0.6 is 15.9 Å². The van der Waals surface area contributed by atoms with Crippen LogP contribution in [0.15, 0.2) is 0 Å². The SMILES string of the molecule is O=C(NCC(Br)C1CC1)C1CCC2CCCCC2C1. The maximum absolute atomic E-state index is 12.3. The Kier molecular flexibility index (Phi) is 4.51. The lowest BCUT2D eigenvalue weighted by atomic mass is 9.67. The normalized spacial score (nSPS) is 36.4. The second-order valence-corrected chi connectivity index (χ2v) is 8.09. The molecule has 4 unspecified atom stereocenters. The van der Waals surface area contributed by atoms with Crippen molar-refractivity contribution in [1.82, 2.24) is 5.32 Å². The molecule has 0 aromatic carbocycles. The number of amides is 1. The van der Waals surface area contributed by atoms with Gasteiger partial charge in [0.15, 0.2) is 0 Å². The van der Waals surface area contributed by atoms with Crippen LogP contribution in [0.2, 0.25) is 0 Å². The van der Waals surface area contributed by atoms with Crippen molar-refractivity contribution in [3.8, 4) is 0 Å². The van der Waals surface area contributed by atoms with E-state index in [4.69, 9.17) is 0 Å². The molecular weight excluding hydrogens is 302 g/mol. The van der Waals surface area contributed by atoms with Crippen molar-refractivity contribution in [2.45, 2.75) is 62.6 Å². The average molecular weight is 328 g/mol. The van der Waals surface area contributed by atoms with Gasteiger partial charge in [0.1, 0.15) is 0 Å². The van der Waals surface area contributed by atoms with Crippen LogP contribution in [0.3, 0.4) is 0 Å². The minimum atomic E-state index is 0.304. The fourth-order valence-corrected chi connectivity index (χ4v) is 4.77. The first-order valence-electron chi connectivity index (χ1n) is 8.16. The predicted molar refractivity (Wildman–Crippen MR) is 81.2 cm³/mol. The fraction of sp³-hybridized carbons (Fsp3) is 0.938. The molecule has 0 bridgehead atoms. The van der Waals surface area contributed by atoms with Gasteiger partial charge in [0.2, 0.25) is 5.91 Å². The first kappa shape index (κ1) is 13.9. The Morgan fingerprint density at radius 3 is 2.53 bits per heavy atom. The molecule has 3 aliphatic rings. The molecule has 0 radical (unpaired) electrons. The minimum absolute atomic E-state index is 0.304. The average Bonchev–Trinajstić information content (AvgIpc) is 3.28. The summed E-state index contributed by atoms with van der Waals surface area (Å²) in [5.41, 5.74) is 0. The molecular formula is C16H26BrNO. The van der Waals surface area contributed by atoms with Crippen LogP contribution in [0.5, 0.6) is 0 Å². The van der Waals surface area contributed by atoms with E-state index in [1.807, 2.05) is 0 Å². The van der Waals surface area contributed by atoms with Crippen molar-refractivity contribution < 1.29 is 4.79 Å². The zero-order chi connectivity index (χ0) is 13.2. The van der Waals surface area contributed by atoms with Crippen LogP contribution < -0.4 is 5.32 Å². The Morgan fingerprint density at radius 1 is 1.05 bits per heavy atom. The number of halogens is 1. The van der Waals surface area contributed by atoms with Crippen molar-refractivity contribution in [3.05, 3.63) is 0 Å². The lowest BCUT2D eigenvalue weighted by Gasteiger charge is -2.38. The molecule has 0 saturated heterocycles. The Morgan fingerprint density at radius 2 is 1.79 bits per heavy atom. The lowest BCUT2D eigenvalue weighted by molar-refractivity contribution is -0.127. The number of hydrogen-bond donors (Lipinski definition) is 1. The first-order chi connectivity index (χ1) is 9.24. The van der Waals surface area contributed by atoms with Crippen molar-refractivity contribution in [3.63, 3.8) is 0 Å². The Hall–Kier alpha value is -0.0500. The standard InChI is InChI=1S/C16H26BrNO/c17-15(12-6-7-12)10-18-16(19)14-8-5-11-3-1-2-4-13(11)9-14/h11-15H,1-10H2,(H,18,19). The molecule has 3 heteroatoms. The van der Waals surface area contributed by atoms with Gasteiger partial charge in [-0.1, -0.05) is 41.6 Å². The van der Waals surface area contributed by atoms with Crippen molar-refractivity contribution >= 4 is 21.8 Å². The summed E-state index contributed by atoms with van der Waals surface area (Å²) in [5.74, 6) is 3.23. The summed E-state index contributed by atoms with van der Waals surface area (Å²) in [4.78, 5) is 12.8. The smallest absolute Gasteiger partial charge is 0.223 e. The van der Waals surface area contributed by atoms with Gasteiger partial charge in [-0.05, 0) is 49.9 Å². The summed E-state index contributed by atoms with van der Waals surface area (Å²) in [6, 6.07) is 0. The summed E-state index contributed by atoms with van der Waals surface area (Å²) < 4.78 is 0. The van der Waals surface area contributed by atoms with Crippen LogP contribution in [-0.2, 0) is 4.79 Å². The summed E-state index contributed by atoms with van der Waals surface area (Å²) in [5, 5.41) is 3.18. The number of carbonyl (C=O) groups excluding carboxylic acids is 1. The van der Waals surface area contributed by atoms with Gasteiger partial charge >= 0.3 is 0 Å². The van der Waals surface area contributed by atoms with Crippen LogP contribution in [0.25, 0.3) is 0 Å². The number of nitrogens with one attached hydrogen (secondary N) is 1. The van der Waals surface area contributed by atoms with Gasteiger partial charge in [0.05, 0.1) is 0 Å². The van der Waals surface area contributed by atoms with E-state index >= 15 is 0 Å². The molecule has 3 saturated carbocycles. The van der Waals surface area contributed by atoms with E-state index in [-0.39, 0.29) is 0 Å². The van der Waals surface area contributed by atoms with Gasteiger partial charge in [0.25, 0.3) is 0 Å². The molecule has 3 fully saturated rings. The van der Waals surface area contributed by atoms with Crippen LogP contribution in [0.4, 0.5) is 0 Å². The second kappa shape index (κ2) is 6.15. The molecule has 3 aliphatic carbocycles. The zero-order valence-electron chi connectivity index (χ0n) is 11.7. The third-order valence-corrected chi connectivity index (χ3v) is 6.59. The van der Waals surface area contributed by atoms with E-state index < -0.39 is 0 Å². The molecule has 3 rings (SSSR count). The molecule has 0 heterocycles. The van der Waals surface area contributed by atoms with E-state index in [1.54, 1.807) is 0 Å². The molecule has 0 aliphatic heterocycles. The first-order valence-corrected chi connectivity index (χ1v) is 9.07. The molecule has 19 heavy (non-hydrogen) atoms. The molecule has 4 atom stereocenters. The summed E-state index contributed by atoms with van der Waals surface area (Å²) in [6.07, 6.45) is 11.9. The number of hydrogen-bond acceptors (Lipinski definition) is 1. The highest BCUT2D eigenvalue weighted by molar-refractivity contribution is 9.09. The van der Waals surface area contributed by atoms with Crippen LogP contribution in [0, 0.1) is 23.7 Å². The molecule has 0 aromatic rings. The van der Waals surface area contributed by atoms with Gasteiger partial charge in [-0.15, -0.1) is 0 Å². The quantitative estimate of drug-likeness (QED) is 0.780. The molecule has 0 aromatic heterocycles. The summed E-state index contributed by atoms with van der Waals surface area (Å²) >= 11 is 3.70. The predicted octanol–water partition coefficient (Wildman–Crippen LogP) is 3.88. The highest BCUT2D eigenvalue weighted by Crippen LogP contribution is 2.42. The van der Waals surface area contributed by atoms with E-state index in [0.29, 0.717) is 16.7 Å². The summed E-state index contributed by atoms with van der Waals surface area (Å²) in [6.45, 7) is 0.827. The van der Waals surface area contributed by atoms with Gasteiger partial charge in [0, 0.05) is 17.3 Å². The maximum Gasteiger partial charge on any atom is 0.223 e. The van der Waals surface area contributed by atoms with Crippen LogP contribution in [-0.4, -0.2) is 17.3 Å². The second-order valence-electron chi connectivity index (χ2n) is 6.91. The van der Waals surface area contributed by atoms with E-state index in [1.165, 1.54) is 44.9 Å². The minimum Gasteiger partial charge on any atom is -0.355 e. The van der Waals surface area contributed by atoms with Crippen molar-refractivity contribution in [2.75, 3.05) is 6.54 Å². The Labute approximate surface area is 125 Å². The highest BCUT2D eigenvalue weighted by Gasteiger charge is 2.35. The van der Waals surface area contributed by atoms with E-state index in [0.717, 1.165) is 37.1 Å². The number of alkyl halides is 1. The monoisotopic (exact) mass is 327 g/mol. The number of fused-ring (bicyclic) bond motifs is 1. The van der Waals surface area contributed by atoms with Crippen LogP contribution in [0.1, 0.15) is 57.8 Å².